The molecule has 1 heterocycles. The number of ether oxygens (including phenoxy) is 1. The molecule has 1 aromatic carbocycles. The van der Waals surface area contributed by atoms with Gasteiger partial charge in [-0.3, -0.25) is 0 Å². The number of sulfonamides is 1. The minimum atomic E-state index is -3.39. The third-order valence-electron chi connectivity index (χ3n) is 3.75. The highest BCUT2D eigenvalue weighted by molar-refractivity contribution is 7.90. The zero-order valence-electron chi connectivity index (χ0n) is 13.0. The van der Waals surface area contributed by atoms with Crippen LogP contribution in [0.25, 0.3) is 0 Å². The van der Waals surface area contributed by atoms with Crippen molar-refractivity contribution in [3.05, 3.63) is 29.8 Å². The average Bonchev–Trinajstić information content (AvgIpc) is 3.04. The smallest absolute Gasteiger partial charge is 0.387 e. The molecular formula is C14H19F2N3O4S. The Morgan fingerprint density at radius 2 is 2.04 bits per heavy atom. The maximum Gasteiger partial charge on any atom is 0.387 e. The molecule has 1 aliphatic heterocycles. The molecule has 7 nitrogen and oxygen atoms in total. The van der Waals surface area contributed by atoms with Crippen molar-refractivity contribution in [2.45, 2.75) is 24.8 Å². The predicted molar refractivity (Wildman–Crippen MR) is 83.3 cm³/mol. The molecule has 24 heavy (non-hydrogen) atoms. The Labute approximate surface area is 139 Å². The number of rotatable bonds is 6. The van der Waals surface area contributed by atoms with Crippen molar-refractivity contribution in [2.75, 3.05) is 20.1 Å². The van der Waals surface area contributed by atoms with E-state index in [9.17, 15) is 22.0 Å². The van der Waals surface area contributed by atoms with Crippen molar-refractivity contribution >= 4 is 16.1 Å². The van der Waals surface area contributed by atoms with Gasteiger partial charge in [0.1, 0.15) is 5.75 Å². The summed E-state index contributed by atoms with van der Waals surface area (Å²) in [4.78, 5) is 13.5. The first-order chi connectivity index (χ1) is 11.3. The first kappa shape index (κ1) is 18.4. The second kappa shape index (κ2) is 7.75. The van der Waals surface area contributed by atoms with E-state index >= 15 is 0 Å². The number of benzene rings is 1. The van der Waals surface area contributed by atoms with E-state index in [1.165, 1.54) is 24.1 Å². The van der Waals surface area contributed by atoms with Crippen LogP contribution < -0.4 is 14.8 Å². The lowest BCUT2D eigenvalue weighted by Crippen LogP contribution is -2.40. The quantitative estimate of drug-likeness (QED) is 0.793. The molecule has 1 atom stereocenters. The van der Waals surface area contributed by atoms with Crippen LogP contribution in [-0.2, 0) is 16.6 Å². The van der Waals surface area contributed by atoms with Crippen LogP contribution in [0.3, 0.4) is 0 Å². The number of carbonyl (C=O) groups is 1. The van der Waals surface area contributed by atoms with Crippen molar-refractivity contribution in [1.29, 1.82) is 0 Å². The van der Waals surface area contributed by atoms with E-state index in [4.69, 9.17) is 0 Å². The molecule has 1 aliphatic rings. The van der Waals surface area contributed by atoms with E-state index in [-0.39, 0.29) is 24.9 Å². The van der Waals surface area contributed by atoms with Gasteiger partial charge in [0.2, 0.25) is 10.0 Å². The lowest BCUT2D eigenvalue weighted by molar-refractivity contribution is -0.0498. The van der Waals surface area contributed by atoms with E-state index in [0.717, 1.165) is 0 Å². The first-order valence-corrected chi connectivity index (χ1v) is 8.85. The van der Waals surface area contributed by atoms with Crippen molar-refractivity contribution in [1.82, 2.24) is 14.9 Å². The van der Waals surface area contributed by atoms with Crippen molar-refractivity contribution < 1.29 is 26.7 Å². The Balaban J connectivity index is 1.83. The van der Waals surface area contributed by atoms with Gasteiger partial charge >= 0.3 is 12.6 Å². The van der Waals surface area contributed by atoms with Crippen LogP contribution in [0.5, 0.6) is 5.75 Å². The molecule has 1 aromatic rings. The molecule has 2 amide bonds. The molecule has 0 aliphatic carbocycles. The molecule has 134 valence electrons. The molecule has 2 rings (SSSR count). The molecule has 2 N–H and O–H groups in total. The number of halogens is 2. The minimum absolute atomic E-state index is 0.0414. The molecule has 0 aromatic heterocycles. The Hall–Kier alpha value is -1.94. The maximum absolute atomic E-state index is 12.1. The molecule has 1 fully saturated rings. The fourth-order valence-electron chi connectivity index (χ4n) is 2.41. The predicted octanol–water partition coefficient (Wildman–Crippen LogP) is 1.12. The second-order valence-corrected chi connectivity index (χ2v) is 7.45. The number of hydrogen-bond donors (Lipinski definition) is 2. The van der Waals surface area contributed by atoms with E-state index in [2.05, 4.69) is 14.8 Å². The number of amides is 2. The zero-order chi connectivity index (χ0) is 17.7. The van der Waals surface area contributed by atoms with Crippen LogP contribution in [0.15, 0.2) is 24.3 Å². The lowest BCUT2D eigenvalue weighted by atomic mass is 10.2. The summed E-state index contributed by atoms with van der Waals surface area (Å²) in [6, 6.07) is 5.54. The SMILES string of the molecule is CNS(=O)(=O)C1CCN(C(=O)NCc2ccc(OC(F)F)cc2)C1. The summed E-state index contributed by atoms with van der Waals surface area (Å²) in [6.07, 6.45) is 0.385. The van der Waals surface area contributed by atoms with Crippen LogP contribution in [-0.4, -0.2) is 51.3 Å². The highest BCUT2D eigenvalue weighted by atomic mass is 32.2. The Bertz CT molecular complexity index is 667. The third-order valence-corrected chi connectivity index (χ3v) is 5.58. The standard InChI is InChI=1S/C14H19F2N3O4S/c1-17-24(21,22)12-6-7-19(9-12)14(20)18-8-10-2-4-11(5-3-10)23-13(15)16/h2-5,12-13,17H,6-9H2,1H3,(H,18,20). The highest BCUT2D eigenvalue weighted by Crippen LogP contribution is 2.17. The van der Waals surface area contributed by atoms with Crippen LogP contribution in [0, 0.1) is 0 Å². The fraction of sp³-hybridized carbons (Fsp3) is 0.500. The van der Waals surface area contributed by atoms with Gasteiger partial charge in [0.25, 0.3) is 0 Å². The van der Waals surface area contributed by atoms with Gasteiger partial charge in [0, 0.05) is 19.6 Å². The summed E-state index contributed by atoms with van der Waals surface area (Å²) in [5, 5.41) is 2.06. The van der Waals surface area contributed by atoms with Gasteiger partial charge in [0.05, 0.1) is 5.25 Å². The molecule has 0 radical (unpaired) electrons. The monoisotopic (exact) mass is 363 g/mol. The van der Waals surface area contributed by atoms with Gasteiger partial charge in [-0.25, -0.2) is 17.9 Å². The molecular weight excluding hydrogens is 344 g/mol. The van der Waals surface area contributed by atoms with Gasteiger partial charge in [-0.1, -0.05) is 12.1 Å². The zero-order valence-corrected chi connectivity index (χ0v) is 13.9. The summed E-state index contributed by atoms with van der Waals surface area (Å²) >= 11 is 0. The highest BCUT2D eigenvalue weighted by Gasteiger charge is 2.34. The second-order valence-electron chi connectivity index (χ2n) is 5.29. The summed E-state index contributed by atoms with van der Waals surface area (Å²) < 4.78 is 54.1. The van der Waals surface area contributed by atoms with Gasteiger partial charge in [0.15, 0.2) is 0 Å². The Morgan fingerprint density at radius 1 is 1.38 bits per heavy atom. The number of nitrogens with zero attached hydrogens (tertiary/aromatic N) is 1. The van der Waals surface area contributed by atoms with Crippen molar-refractivity contribution in [2.24, 2.45) is 0 Å². The largest absolute Gasteiger partial charge is 0.435 e. The van der Waals surface area contributed by atoms with Gasteiger partial charge < -0.3 is 15.0 Å². The van der Waals surface area contributed by atoms with Crippen molar-refractivity contribution in [3.63, 3.8) is 0 Å². The summed E-state index contributed by atoms with van der Waals surface area (Å²) in [5.41, 5.74) is 0.712. The molecule has 10 heteroatoms. The lowest BCUT2D eigenvalue weighted by Gasteiger charge is -2.17. The number of likely N-dealkylation sites (tertiary alicyclic amines) is 1. The summed E-state index contributed by atoms with van der Waals surface area (Å²) in [6.45, 7) is -2.18. The van der Waals surface area contributed by atoms with E-state index in [1.807, 2.05) is 0 Å². The number of carbonyl (C=O) groups excluding carboxylic acids is 1. The maximum atomic E-state index is 12.1. The Kier molecular flexibility index (Phi) is 5.94. The molecule has 0 bridgehead atoms. The van der Waals surface area contributed by atoms with Crippen LogP contribution >= 0.6 is 0 Å². The fourth-order valence-corrected chi connectivity index (χ4v) is 3.54. The minimum Gasteiger partial charge on any atom is -0.435 e. The normalized spacial score (nSPS) is 18.0. The average molecular weight is 363 g/mol. The van der Waals surface area contributed by atoms with Gasteiger partial charge in [-0.15, -0.1) is 0 Å². The molecule has 1 unspecified atom stereocenters. The molecule has 1 saturated heterocycles. The van der Waals surface area contributed by atoms with Crippen LogP contribution in [0.1, 0.15) is 12.0 Å². The number of hydrogen-bond acceptors (Lipinski definition) is 4. The number of alkyl halides is 2. The molecule has 0 saturated carbocycles. The van der Waals surface area contributed by atoms with E-state index < -0.39 is 21.9 Å². The van der Waals surface area contributed by atoms with Crippen LogP contribution in [0.2, 0.25) is 0 Å². The molecule has 0 spiro atoms. The summed E-state index contributed by atoms with van der Waals surface area (Å²) in [7, 11) is -2.05. The summed E-state index contributed by atoms with van der Waals surface area (Å²) in [5.74, 6) is 0.0414. The van der Waals surface area contributed by atoms with E-state index in [1.54, 1.807) is 12.1 Å². The van der Waals surface area contributed by atoms with E-state index in [0.29, 0.717) is 18.5 Å². The number of nitrogens with one attached hydrogen (secondary N) is 2. The number of urea groups is 1. The Morgan fingerprint density at radius 3 is 2.62 bits per heavy atom. The van der Waals surface area contributed by atoms with Gasteiger partial charge in [-0.2, -0.15) is 8.78 Å². The van der Waals surface area contributed by atoms with Crippen LogP contribution in [0.4, 0.5) is 13.6 Å². The van der Waals surface area contributed by atoms with Gasteiger partial charge in [-0.05, 0) is 31.2 Å². The first-order valence-electron chi connectivity index (χ1n) is 7.30. The topological polar surface area (TPSA) is 87.7 Å². The van der Waals surface area contributed by atoms with Crippen molar-refractivity contribution in [3.8, 4) is 5.75 Å². The third kappa shape index (κ3) is 4.78.